The normalized spacial score (nSPS) is 22.4. The smallest absolute Gasteiger partial charge is 0.243 e. The molecule has 2 fully saturated rings. The molecule has 0 radical (unpaired) electrons. The van der Waals surface area contributed by atoms with E-state index in [1.807, 2.05) is 36.2 Å². The lowest BCUT2D eigenvalue weighted by atomic mass is 9.86. The maximum absolute atomic E-state index is 12.4. The van der Waals surface area contributed by atoms with Crippen LogP contribution in [0.3, 0.4) is 0 Å². The molecular weight excluding hydrogens is 372 g/mol. The third kappa shape index (κ3) is 5.82. The topological polar surface area (TPSA) is 56.8 Å². The Kier molecular flexibility index (Phi) is 7.50. The van der Waals surface area contributed by atoms with Crippen LogP contribution in [0.2, 0.25) is 0 Å². The molecule has 1 aromatic carbocycles. The number of benzene rings is 1. The van der Waals surface area contributed by atoms with Crippen LogP contribution in [0.4, 0.5) is 11.4 Å². The van der Waals surface area contributed by atoms with Crippen LogP contribution >= 0.6 is 12.2 Å². The SMILES string of the molecule is C[C@@H]1CCCC[C@@H]1NC(=S)N(C)CC(=O)Nc1ccc(N2CCOCC2)cc1. The molecule has 1 amide bonds. The Morgan fingerprint density at radius 2 is 1.89 bits per heavy atom. The predicted molar refractivity (Wildman–Crippen MR) is 118 cm³/mol. The number of carbonyl (C=O) groups is 1. The second-order valence-electron chi connectivity index (χ2n) is 7.87. The number of rotatable bonds is 5. The van der Waals surface area contributed by atoms with E-state index in [0.717, 1.165) is 44.1 Å². The highest BCUT2D eigenvalue weighted by Crippen LogP contribution is 2.24. The van der Waals surface area contributed by atoms with Crippen molar-refractivity contribution in [2.24, 2.45) is 5.92 Å². The van der Waals surface area contributed by atoms with Gasteiger partial charge in [0.1, 0.15) is 0 Å². The van der Waals surface area contributed by atoms with Crippen molar-refractivity contribution in [2.45, 2.75) is 38.6 Å². The maximum atomic E-state index is 12.4. The number of hydrogen-bond donors (Lipinski definition) is 2. The fraction of sp³-hybridized carbons (Fsp3) is 0.619. The molecule has 7 heteroatoms. The minimum absolute atomic E-state index is 0.0672. The number of ether oxygens (including phenoxy) is 1. The average molecular weight is 405 g/mol. The molecule has 0 unspecified atom stereocenters. The number of thiocarbonyl (C=S) groups is 1. The van der Waals surface area contributed by atoms with Gasteiger partial charge in [0.25, 0.3) is 0 Å². The van der Waals surface area contributed by atoms with Crippen LogP contribution in [-0.2, 0) is 9.53 Å². The summed E-state index contributed by atoms with van der Waals surface area (Å²) in [5.41, 5.74) is 1.96. The summed E-state index contributed by atoms with van der Waals surface area (Å²) in [5.74, 6) is 0.557. The van der Waals surface area contributed by atoms with Gasteiger partial charge in [-0.25, -0.2) is 0 Å². The molecule has 1 heterocycles. The molecule has 0 bridgehead atoms. The third-order valence-corrected chi connectivity index (χ3v) is 6.10. The molecule has 2 N–H and O–H groups in total. The quantitative estimate of drug-likeness (QED) is 0.736. The number of carbonyl (C=O) groups excluding carboxylic acids is 1. The van der Waals surface area contributed by atoms with Gasteiger partial charge in [-0.15, -0.1) is 0 Å². The van der Waals surface area contributed by atoms with Crippen molar-refractivity contribution in [3.63, 3.8) is 0 Å². The highest BCUT2D eigenvalue weighted by Gasteiger charge is 2.23. The van der Waals surface area contributed by atoms with Crippen LogP contribution in [0.15, 0.2) is 24.3 Å². The zero-order chi connectivity index (χ0) is 19.9. The van der Waals surface area contributed by atoms with Crippen LogP contribution in [0.5, 0.6) is 0 Å². The summed E-state index contributed by atoms with van der Waals surface area (Å²) < 4.78 is 5.39. The fourth-order valence-electron chi connectivity index (χ4n) is 3.86. The number of likely N-dealkylation sites (N-methyl/N-ethyl adjacent to an activating group) is 1. The summed E-state index contributed by atoms with van der Waals surface area (Å²) in [6.07, 6.45) is 4.94. The molecule has 6 nitrogen and oxygen atoms in total. The fourth-order valence-corrected chi connectivity index (χ4v) is 4.08. The first-order valence-electron chi connectivity index (χ1n) is 10.3. The third-order valence-electron chi connectivity index (χ3n) is 5.68. The zero-order valence-corrected chi connectivity index (χ0v) is 17.8. The van der Waals surface area contributed by atoms with Crippen molar-refractivity contribution >= 4 is 34.6 Å². The molecular formula is C21H32N4O2S. The zero-order valence-electron chi connectivity index (χ0n) is 16.9. The predicted octanol–water partition coefficient (Wildman–Crippen LogP) is 2.85. The maximum Gasteiger partial charge on any atom is 0.243 e. The lowest BCUT2D eigenvalue weighted by Crippen LogP contribution is -2.48. The van der Waals surface area contributed by atoms with Gasteiger partial charge in [-0.1, -0.05) is 19.8 Å². The molecule has 154 valence electrons. The average Bonchev–Trinajstić information content (AvgIpc) is 2.71. The first-order valence-corrected chi connectivity index (χ1v) is 10.7. The minimum atomic E-state index is -0.0672. The Bertz CT molecular complexity index is 661. The number of nitrogens with zero attached hydrogens (tertiary/aromatic N) is 2. The van der Waals surface area contributed by atoms with Crippen LogP contribution in [0.25, 0.3) is 0 Å². The van der Waals surface area contributed by atoms with E-state index < -0.39 is 0 Å². The molecule has 1 aliphatic carbocycles. The van der Waals surface area contributed by atoms with Crippen molar-refractivity contribution in [3.05, 3.63) is 24.3 Å². The summed E-state index contributed by atoms with van der Waals surface area (Å²) in [4.78, 5) is 16.5. The van der Waals surface area contributed by atoms with Crippen molar-refractivity contribution < 1.29 is 9.53 Å². The molecule has 1 aromatic rings. The minimum Gasteiger partial charge on any atom is -0.378 e. The Labute approximate surface area is 173 Å². The van der Waals surface area contributed by atoms with E-state index >= 15 is 0 Å². The largest absolute Gasteiger partial charge is 0.378 e. The van der Waals surface area contributed by atoms with Crippen molar-refractivity contribution in [2.75, 3.05) is 50.1 Å². The molecule has 2 atom stereocenters. The van der Waals surface area contributed by atoms with Gasteiger partial charge in [-0.05, 0) is 55.2 Å². The number of hydrogen-bond acceptors (Lipinski definition) is 4. The molecule has 1 saturated heterocycles. The van der Waals surface area contributed by atoms with E-state index in [1.165, 1.54) is 19.3 Å². The van der Waals surface area contributed by atoms with E-state index in [-0.39, 0.29) is 12.5 Å². The van der Waals surface area contributed by atoms with Crippen molar-refractivity contribution in [1.82, 2.24) is 10.2 Å². The Morgan fingerprint density at radius 3 is 2.57 bits per heavy atom. The molecule has 2 aliphatic rings. The van der Waals surface area contributed by atoms with Crippen LogP contribution in [0.1, 0.15) is 32.6 Å². The standard InChI is InChI=1S/C21H32N4O2S/c1-16-5-3-4-6-19(16)23-21(28)24(2)15-20(26)22-17-7-9-18(10-8-17)25-11-13-27-14-12-25/h7-10,16,19H,3-6,11-15H2,1-2H3,(H,22,26)(H,23,28)/t16-,19+/m1/s1. The second-order valence-corrected chi connectivity index (χ2v) is 8.25. The number of anilines is 2. The van der Waals surface area contributed by atoms with Gasteiger partial charge in [0.2, 0.25) is 5.91 Å². The van der Waals surface area contributed by atoms with Crippen LogP contribution in [0, 0.1) is 5.92 Å². The van der Waals surface area contributed by atoms with E-state index in [4.69, 9.17) is 17.0 Å². The van der Waals surface area contributed by atoms with Crippen molar-refractivity contribution in [3.8, 4) is 0 Å². The van der Waals surface area contributed by atoms with Crippen LogP contribution < -0.4 is 15.5 Å². The first kappa shape index (κ1) is 20.9. The number of nitrogens with one attached hydrogen (secondary N) is 2. The Balaban J connectivity index is 1.45. The lowest BCUT2D eigenvalue weighted by Gasteiger charge is -2.32. The second kappa shape index (κ2) is 10.1. The van der Waals surface area contributed by atoms with E-state index in [1.54, 1.807) is 0 Å². The first-order chi connectivity index (χ1) is 13.5. The van der Waals surface area contributed by atoms with Gasteiger partial charge in [0.15, 0.2) is 5.11 Å². The summed E-state index contributed by atoms with van der Waals surface area (Å²) >= 11 is 5.50. The van der Waals surface area contributed by atoms with E-state index in [9.17, 15) is 4.79 Å². The summed E-state index contributed by atoms with van der Waals surface area (Å²) in [6.45, 7) is 5.84. The number of morpholine rings is 1. The molecule has 1 aliphatic heterocycles. The molecule has 28 heavy (non-hydrogen) atoms. The summed E-state index contributed by atoms with van der Waals surface area (Å²) in [5, 5.41) is 7.05. The molecule has 0 aromatic heterocycles. The van der Waals surface area contributed by atoms with Gasteiger partial charge in [0, 0.05) is 37.6 Å². The van der Waals surface area contributed by atoms with Gasteiger partial charge in [-0.2, -0.15) is 0 Å². The van der Waals surface area contributed by atoms with Crippen molar-refractivity contribution in [1.29, 1.82) is 0 Å². The summed E-state index contributed by atoms with van der Waals surface area (Å²) in [6, 6.07) is 8.40. The monoisotopic (exact) mass is 404 g/mol. The van der Waals surface area contributed by atoms with E-state index in [2.05, 4.69) is 22.5 Å². The number of amides is 1. The van der Waals surface area contributed by atoms with Gasteiger partial charge in [0.05, 0.1) is 19.8 Å². The van der Waals surface area contributed by atoms with Gasteiger partial charge in [-0.3, -0.25) is 4.79 Å². The Morgan fingerprint density at radius 1 is 1.21 bits per heavy atom. The van der Waals surface area contributed by atoms with Gasteiger partial charge >= 0.3 is 0 Å². The lowest BCUT2D eigenvalue weighted by molar-refractivity contribution is -0.116. The summed E-state index contributed by atoms with van der Waals surface area (Å²) in [7, 11) is 1.87. The molecule has 1 saturated carbocycles. The molecule has 0 spiro atoms. The highest BCUT2D eigenvalue weighted by atomic mass is 32.1. The van der Waals surface area contributed by atoms with E-state index in [0.29, 0.717) is 17.1 Å². The molecule has 3 rings (SSSR count). The highest BCUT2D eigenvalue weighted by molar-refractivity contribution is 7.80. The van der Waals surface area contributed by atoms with Gasteiger partial charge < -0.3 is 25.2 Å². The van der Waals surface area contributed by atoms with Crippen LogP contribution in [-0.4, -0.2) is 61.9 Å². The Hall–Kier alpha value is -1.86.